The second-order valence-corrected chi connectivity index (χ2v) is 6.02. The van der Waals surface area contributed by atoms with E-state index in [0.29, 0.717) is 31.1 Å². The molecule has 0 saturated carbocycles. The zero-order chi connectivity index (χ0) is 17.6. The van der Waals surface area contributed by atoms with E-state index in [-0.39, 0.29) is 11.9 Å². The van der Waals surface area contributed by atoms with Crippen LogP contribution in [0.5, 0.6) is 0 Å². The number of likely N-dealkylation sites (tertiary alicyclic amines) is 1. The summed E-state index contributed by atoms with van der Waals surface area (Å²) in [5.41, 5.74) is 0. The molecular weight excluding hydrogens is 322 g/mol. The van der Waals surface area contributed by atoms with Crippen molar-refractivity contribution in [1.82, 2.24) is 20.0 Å². The highest BCUT2D eigenvalue weighted by atomic mass is 16.3. The number of amides is 3. The largest absolute Gasteiger partial charge is 0.467 e. The minimum Gasteiger partial charge on any atom is -0.467 e. The van der Waals surface area contributed by atoms with E-state index in [1.54, 1.807) is 40.2 Å². The minimum absolute atomic E-state index is 0.161. The number of aryl methyl sites for hydroxylation is 1. The lowest BCUT2D eigenvalue weighted by atomic mass is 10.2. The molecule has 8 nitrogen and oxygen atoms in total. The summed E-state index contributed by atoms with van der Waals surface area (Å²) in [5.74, 6) is 1.17. The Morgan fingerprint density at radius 1 is 1.40 bits per heavy atom. The van der Waals surface area contributed by atoms with E-state index in [0.717, 1.165) is 19.4 Å². The third kappa shape index (κ3) is 4.01. The standard InChI is InChI=1S/C17H23N5O3/c1-2-9-22-15(7-8-19-22)20-17(24)21-10-3-6-14(21)16(23)18-12-13-5-4-11-25-13/h4-5,7-8,11,14H,2-3,6,9-10,12H2,1H3,(H,18,23)(H,20,24)/t14-/m0/s1. The van der Waals surface area contributed by atoms with Crippen LogP contribution < -0.4 is 10.6 Å². The number of carbonyl (C=O) groups is 2. The predicted octanol–water partition coefficient (Wildman–Crippen LogP) is 2.20. The fourth-order valence-corrected chi connectivity index (χ4v) is 3.00. The molecule has 1 atom stereocenters. The number of furan rings is 1. The topological polar surface area (TPSA) is 92.4 Å². The maximum atomic E-state index is 12.6. The first-order valence-electron chi connectivity index (χ1n) is 8.58. The van der Waals surface area contributed by atoms with Crippen molar-refractivity contribution in [2.75, 3.05) is 11.9 Å². The zero-order valence-electron chi connectivity index (χ0n) is 14.3. The monoisotopic (exact) mass is 345 g/mol. The predicted molar refractivity (Wildman–Crippen MR) is 91.8 cm³/mol. The normalized spacial score (nSPS) is 16.8. The molecule has 0 spiro atoms. The van der Waals surface area contributed by atoms with E-state index < -0.39 is 6.04 Å². The molecule has 2 aromatic rings. The quantitative estimate of drug-likeness (QED) is 0.839. The van der Waals surface area contributed by atoms with Crippen LogP contribution in [0.25, 0.3) is 0 Å². The summed E-state index contributed by atoms with van der Waals surface area (Å²) in [6.07, 6.45) is 5.61. The van der Waals surface area contributed by atoms with Gasteiger partial charge in [0.05, 0.1) is 19.0 Å². The smallest absolute Gasteiger partial charge is 0.323 e. The molecule has 1 saturated heterocycles. The Morgan fingerprint density at radius 3 is 3.04 bits per heavy atom. The molecule has 0 unspecified atom stereocenters. The van der Waals surface area contributed by atoms with Crippen LogP contribution >= 0.6 is 0 Å². The minimum atomic E-state index is -0.461. The van der Waals surface area contributed by atoms with Crippen molar-refractivity contribution in [1.29, 1.82) is 0 Å². The number of carbonyl (C=O) groups excluding carboxylic acids is 2. The van der Waals surface area contributed by atoms with Crippen molar-refractivity contribution in [2.45, 2.75) is 45.3 Å². The van der Waals surface area contributed by atoms with Crippen molar-refractivity contribution in [3.05, 3.63) is 36.4 Å². The van der Waals surface area contributed by atoms with Gasteiger partial charge in [0.25, 0.3) is 0 Å². The molecule has 0 aromatic carbocycles. The van der Waals surface area contributed by atoms with Crippen molar-refractivity contribution >= 4 is 17.8 Å². The second-order valence-electron chi connectivity index (χ2n) is 6.02. The Balaban J connectivity index is 1.59. The fraction of sp³-hybridized carbons (Fsp3) is 0.471. The summed E-state index contributed by atoms with van der Waals surface area (Å²) in [6, 6.07) is 4.60. The summed E-state index contributed by atoms with van der Waals surface area (Å²) in [4.78, 5) is 26.6. The summed E-state index contributed by atoms with van der Waals surface area (Å²) < 4.78 is 6.96. The summed E-state index contributed by atoms with van der Waals surface area (Å²) in [6.45, 7) is 3.66. The molecule has 1 fully saturated rings. The van der Waals surface area contributed by atoms with Gasteiger partial charge in [-0.25, -0.2) is 9.48 Å². The van der Waals surface area contributed by atoms with E-state index in [2.05, 4.69) is 15.7 Å². The first-order valence-corrected chi connectivity index (χ1v) is 8.58. The summed E-state index contributed by atoms with van der Waals surface area (Å²) >= 11 is 0. The number of hydrogen-bond acceptors (Lipinski definition) is 4. The Labute approximate surface area is 146 Å². The van der Waals surface area contributed by atoms with Crippen LogP contribution in [-0.2, 0) is 17.9 Å². The molecule has 3 heterocycles. The van der Waals surface area contributed by atoms with E-state index in [1.165, 1.54) is 0 Å². The van der Waals surface area contributed by atoms with Gasteiger partial charge in [-0.05, 0) is 31.4 Å². The van der Waals surface area contributed by atoms with Crippen LogP contribution in [0.1, 0.15) is 31.9 Å². The van der Waals surface area contributed by atoms with Gasteiger partial charge in [-0.2, -0.15) is 5.10 Å². The number of urea groups is 1. The Hall–Kier alpha value is -2.77. The highest BCUT2D eigenvalue weighted by Crippen LogP contribution is 2.19. The van der Waals surface area contributed by atoms with Crippen LogP contribution in [0, 0.1) is 0 Å². The van der Waals surface area contributed by atoms with Crippen LogP contribution in [0.15, 0.2) is 35.1 Å². The van der Waals surface area contributed by atoms with Crippen molar-refractivity contribution in [3.8, 4) is 0 Å². The lowest BCUT2D eigenvalue weighted by Gasteiger charge is -2.24. The molecule has 0 aliphatic carbocycles. The van der Waals surface area contributed by atoms with Gasteiger partial charge in [0, 0.05) is 19.2 Å². The SMILES string of the molecule is CCCn1nccc1NC(=O)N1CCC[C@H]1C(=O)NCc1ccco1. The summed E-state index contributed by atoms with van der Waals surface area (Å²) in [7, 11) is 0. The van der Waals surface area contributed by atoms with Gasteiger partial charge in [0.15, 0.2) is 0 Å². The molecule has 2 N–H and O–H groups in total. The van der Waals surface area contributed by atoms with E-state index >= 15 is 0 Å². The number of hydrogen-bond donors (Lipinski definition) is 2. The molecule has 1 aliphatic heterocycles. The Morgan fingerprint density at radius 2 is 2.28 bits per heavy atom. The maximum Gasteiger partial charge on any atom is 0.323 e. The zero-order valence-corrected chi connectivity index (χ0v) is 14.3. The Bertz CT molecular complexity index is 710. The molecule has 134 valence electrons. The Kier molecular flexibility index (Phi) is 5.37. The first-order chi connectivity index (χ1) is 12.2. The lowest BCUT2D eigenvalue weighted by Crippen LogP contribution is -2.47. The number of anilines is 1. The third-order valence-electron chi connectivity index (χ3n) is 4.22. The molecule has 25 heavy (non-hydrogen) atoms. The van der Waals surface area contributed by atoms with Crippen LogP contribution in [-0.4, -0.2) is 39.2 Å². The highest BCUT2D eigenvalue weighted by molar-refractivity contribution is 5.93. The highest BCUT2D eigenvalue weighted by Gasteiger charge is 2.34. The average molecular weight is 345 g/mol. The first kappa shape index (κ1) is 17.1. The van der Waals surface area contributed by atoms with Crippen LogP contribution in [0.2, 0.25) is 0 Å². The number of aromatic nitrogens is 2. The van der Waals surface area contributed by atoms with Crippen molar-refractivity contribution in [3.63, 3.8) is 0 Å². The van der Waals surface area contributed by atoms with Crippen LogP contribution in [0.4, 0.5) is 10.6 Å². The van der Waals surface area contributed by atoms with E-state index in [1.807, 2.05) is 6.92 Å². The number of nitrogens with zero attached hydrogens (tertiary/aromatic N) is 3. The second kappa shape index (κ2) is 7.87. The van der Waals surface area contributed by atoms with Gasteiger partial charge in [-0.15, -0.1) is 0 Å². The molecule has 0 bridgehead atoms. The average Bonchev–Trinajstić information content (AvgIpc) is 3.35. The molecule has 3 amide bonds. The van der Waals surface area contributed by atoms with Gasteiger partial charge in [0.2, 0.25) is 5.91 Å². The lowest BCUT2D eigenvalue weighted by molar-refractivity contribution is -0.124. The van der Waals surface area contributed by atoms with E-state index in [9.17, 15) is 9.59 Å². The molecule has 3 rings (SSSR count). The van der Waals surface area contributed by atoms with E-state index in [4.69, 9.17) is 4.42 Å². The molecular formula is C17H23N5O3. The third-order valence-corrected chi connectivity index (χ3v) is 4.22. The molecule has 0 radical (unpaired) electrons. The van der Waals surface area contributed by atoms with Gasteiger partial charge >= 0.3 is 6.03 Å². The van der Waals surface area contributed by atoms with Gasteiger partial charge < -0.3 is 14.6 Å². The fourth-order valence-electron chi connectivity index (χ4n) is 3.00. The maximum absolute atomic E-state index is 12.6. The van der Waals surface area contributed by atoms with Crippen molar-refractivity contribution < 1.29 is 14.0 Å². The van der Waals surface area contributed by atoms with Crippen LogP contribution in [0.3, 0.4) is 0 Å². The van der Waals surface area contributed by atoms with Gasteiger partial charge in [-0.3, -0.25) is 10.1 Å². The number of nitrogens with one attached hydrogen (secondary N) is 2. The van der Waals surface area contributed by atoms with Crippen molar-refractivity contribution in [2.24, 2.45) is 0 Å². The molecule has 8 heteroatoms. The molecule has 2 aromatic heterocycles. The summed E-state index contributed by atoms with van der Waals surface area (Å²) in [5, 5.41) is 9.88. The van der Waals surface area contributed by atoms with Gasteiger partial charge in [-0.1, -0.05) is 6.92 Å². The number of rotatable bonds is 6. The molecule has 1 aliphatic rings. The van der Waals surface area contributed by atoms with Gasteiger partial charge in [0.1, 0.15) is 17.6 Å².